The van der Waals surface area contributed by atoms with Crippen LogP contribution in [0.1, 0.15) is 12.0 Å². The third kappa shape index (κ3) is 2.85. The summed E-state index contributed by atoms with van der Waals surface area (Å²) < 4.78 is 0. The normalized spacial score (nSPS) is 8.75. The summed E-state index contributed by atoms with van der Waals surface area (Å²) in [6.45, 7) is 0. The molecule has 2 N–H and O–H groups in total. The van der Waals surface area contributed by atoms with Gasteiger partial charge in [-0.3, -0.25) is 4.98 Å². The van der Waals surface area contributed by atoms with Crippen LogP contribution in [0.4, 0.5) is 5.69 Å². The van der Waals surface area contributed by atoms with E-state index in [2.05, 4.69) is 29.5 Å². The van der Waals surface area contributed by atoms with Crippen LogP contribution in [0.3, 0.4) is 0 Å². The maximum atomic E-state index is 5.52. The Morgan fingerprint density at radius 3 is 3.00 bits per heavy atom. The van der Waals surface area contributed by atoms with Gasteiger partial charge in [-0.1, -0.05) is 11.8 Å². The molecular formula is C9H10N2S. The topological polar surface area (TPSA) is 38.9 Å². The van der Waals surface area contributed by atoms with Gasteiger partial charge < -0.3 is 5.73 Å². The van der Waals surface area contributed by atoms with E-state index in [0.717, 1.165) is 17.7 Å². The van der Waals surface area contributed by atoms with Crippen molar-refractivity contribution >= 4 is 18.3 Å². The van der Waals surface area contributed by atoms with Gasteiger partial charge in [0.1, 0.15) is 0 Å². The van der Waals surface area contributed by atoms with Gasteiger partial charge in [-0.2, -0.15) is 12.6 Å². The molecule has 3 heteroatoms. The number of nitrogens with zero attached hydrogens (tertiary/aromatic N) is 1. The number of hydrogen-bond donors (Lipinski definition) is 2. The first-order chi connectivity index (χ1) is 5.83. The molecule has 0 aliphatic rings. The van der Waals surface area contributed by atoms with Gasteiger partial charge in [0.2, 0.25) is 0 Å². The number of hydrogen-bond acceptors (Lipinski definition) is 3. The van der Waals surface area contributed by atoms with Crippen molar-refractivity contribution in [2.45, 2.75) is 6.42 Å². The Bertz CT molecular complexity index is 312. The summed E-state index contributed by atoms with van der Waals surface area (Å²) in [7, 11) is 0. The molecular weight excluding hydrogens is 168 g/mol. The number of pyridine rings is 1. The molecule has 0 aromatic carbocycles. The quantitative estimate of drug-likeness (QED) is 0.503. The minimum atomic E-state index is 0.646. The molecule has 0 aliphatic carbocycles. The highest BCUT2D eigenvalue weighted by atomic mass is 32.1. The molecule has 0 spiro atoms. The summed E-state index contributed by atoms with van der Waals surface area (Å²) >= 11 is 4.04. The van der Waals surface area contributed by atoms with Crippen LogP contribution in [0.25, 0.3) is 0 Å². The first-order valence-corrected chi connectivity index (χ1v) is 4.26. The van der Waals surface area contributed by atoms with Crippen LogP contribution in [0.15, 0.2) is 18.5 Å². The third-order valence-electron chi connectivity index (χ3n) is 1.23. The SMILES string of the molecule is Nc1cncc(C#CCCS)c1. The van der Waals surface area contributed by atoms with Gasteiger partial charge in [-0.05, 0) is 6.07 Å². The lowest BCUT2D eigenvalue weighted by atomic mass is 10.2. The van der Waals surface area contributed by atoms with Gasteiger partial charge >= 0.3 is 0 Å². The molecule has 0 radical (unpaired) electrons. The van der Waals surface area contributed by atoms with Gasteiger partial charge in [0.15, 0.2) is 0 Å². The zero-order valence-electron chi connectivity index (χ0n) is 6.62. The molecule has 1 rings (SSSR count). The van der Waals surface area contributed by atoms with Gasteiger partial charge in [0, 0.05) is 30.1 Å². The molecule has 0 saturated carbocycles. The van der Waals surface area contributed by atoms with Crippen molar-refractivity contribution in [3.63, 3.8) is 0 Å². The lowest BCUT2D eigenvalue weighted by molar-refractivity contribution is 1.30. The van der Waals surface area contributed by atoms with Gasteiger partial charge in [-0.15, -0.1) is 0 Å². The predicted octanol–water partition coefficient (Wildman–Crippen LogP) is 1.34. The molecule has 0 unspecified atom stereocenters. The third-order valence-corrected chi connectivity index (χ3v) is 1.45. The average molecular weight is 178 g/mol. The highest BCUT2D eigenvalue weighted by molar-refractivity contribution is 7.80. The second-order valence-electron chi connectivity index (χ2n) is 2.28. The fourth-order valence-electron chi connectivity index (χ4n) is 0.747. The van der Waals surface area contributed by atoms with Crippen molar-refractivity contribution < 1.29 is 0 Å². The number of rotatable bonds is 1. The Hall–Kier alpha value is -1.14. The first kappa shape index (κ1) is 8.95. The molecule has 0 bridgehead atoms. The van der Waals surface area contributed by atoms with E-state index in [-0.39, 0.29) is 0 Å². The second kappa shape index (κ2) is 4.68. The number of thiol groups is 1. The van der Waals surface area contributed by atoms with Crippen molar-refractivity contribution in [1.82, 2.24) is 4.98 Å². The van der Waals surface area contributed by atoms with E-state index in [1.807, 2.05) is 0 Å². The summed E-state index contributed by atoms with van der Waals surface area (Å²) in [6, 6.07) is 1.80. The van der Waals surface area contributed by atoms with Gasteiger partial charge in [0.05, 0.1) is 5.69 Å². The number of nitrogens with two attached hydrogens (primary N) is 1. The summed E-state index contributed by atoms with van der Waals surface area (Å²) in [5.41, 5.74) is 7.02. The lowest BCUT2D eigenvalue weighted by Crippen LogP contribution is -1.87. The van der Waals surface area contributed by atoms with Crippen molar-refractivity contribution in [3.8, 4) is 11.8 Å². The van der Waals surface area contributed by atoms with E-state index in [1.54, 1.807) is 18.5 Å². The van der Waals surface area contributed by atoms with Crippen LogP contribution >= 0.6 is 12.6 Å². The van der Waals surface area contributed by atoms with E-state index in [1.165, 1.54) is 0 Å². The predicted molar refractivity (Wildman–Crippen MR) is 54.0 cm³/mol. The standard InChI is InChI=1S/C9H10N2S/c10-9-5-8(6-11-7-9)3-1-2-4-12/h5-7,12H,2,4,10H2. The Labute approximate surface area is 77.6 Å². The number of nitrogen functional groups attached to an aromatic ring is 1. The van der Waals surface area contributed by atoms with E-state index in [4.69, 9.17) is 5.73 Å². The highest BCUT2D eigenvalue weighted by Crippen LogP contribution is 2.01. The minimum absolute atomic E-state index is 0.646. The zero-order chi connectivity index (χ0) is 8.81. The van der Waals surface area contributed by atoms with Crippen LogP contribution in [0.2, 0.25) is 0 Å². The van der Waals surface area contributed by atoms with Crippen LogP contribution in [0, 0.1) is 11.8 Å². The van der Waals surface area contributed by atoms with Crippen LogP contribution < -0.4 is 5.73 Å². The Morgan fingerprint density at radius 2 is 2.33 bits per heavy atom. The van der Waals surface area contributed by atoms with E-state index >= 15 is 0 Å². The van der Waals surface area contributed by atoms with E-state index in [9.17, 15) is 0 Å². The van der Waals surface area contributed by atoms with Gasteiger partial charge in [0.25, 0.3) is 0 Å². The van der Waals surface area contributed by atoms with E-state index in [0.29, 0.717) is 5.69 Å². The summed E-state index contributed by atoms with van der Waals surface area (Å²) in [5, 5.41) is 0. The Balaban J connectivity index is 2.71. The molecule has 1 heterocycles. The van der Waals surface area contributed by atoms with Crippen LogP contribution in [-0.2, 0) is 0 Å². The first-order valence-electron chi connectivity index (χ1n) is 3.63. The van der Waals surface area contributed by atoms with Gasteiger partial charge in [-0.25, -0.2) is 0 Å². The molecule has 12 heavy (non-hydrogen) atoms. The van der Waals surface area contributed by atoms with E-state index < -0.39 is 0 Å². The lowest BCUT2D eigenvalue weighted by Gasteiger charge is -1.91. The highest BCUT2D eigenvalue weighted by Gasteiger charge is 1.87. The Kier molecular flexibility index (Phi) is 3.49. The number of aromatic nitrogens is 1. The molecule has 1 aromatic rings. The summed E-state index contributed by atoms with van der Waals surface area (Å²) in [5.74, 6) is 6.68. The molecule has 0 atom stereocenters. The monoisotopic (exact) mass is 178 g/mol. The maximum absolute atomic E-state index is 5.52. The fourth-order valence-corrected chi connectivity index (χ4v) is 0.858. The Morgan fingerprint density at radius 1 is 1.50 bits per heavy atom. The largest absolute Gasteiger partial charge is 0.397 e. The van der Waals surface area contributed by atoms with Crippen LogP contribution in [0.5, 0.6) is 0 Å². The van der Waals surface area contributed by atoms with Crippen molar-refractivity contribution in [3.05, 3.63) is 24.0 Å². The molecule has 0 saturated heterocycles. The molecule has 2 nitrogen and oxygen atoms in total. The second-order valence-corrected chi connectivity index (χ2v) is 2.73. The van der Waals surface area contributed by atoms with Crippen molar-refractivity contribution in [1.29, 1.82) is 0 Å². The smallest absolute Gasteiger partial charge is 0.0513 e. The summed E-state index contributed by atoms with van der Waals surface area (Å²) in [4.78, 5) is 3.92. The minimum Gasteiger partial charge on any atom is -0.397 e. The van der Waals surface area contributed by atoms with Crippen molar-refractivity contribution in [2.75, 3.05) is 11.5 Å². The fraction of sp³-hybridized carbons (Fsp3) is 0.222. The molecule has 62 valence electrons. The molecule has 1 aromatic heterocycles. The van der Waals surface area contributed by atoms with Crippen LogP contribution in [-0.4, -0.2) is 10.7 Å². The zero-order valence-corrected chi connectivity index (χ0v) is 7.51. The average Bonchev–Trinajstić information content (AvgIpc) is 2.05. The maximum Gasteiger partial charge on any atom is 0.0513 e. The van der Waals surface area contributed by atoms with Crippen molar-refractivity contribution in [2.24, 2.45) is 0 Å². The molecule has 0 amide bonds. The molecule has 0 aliphatic heterocycles. The number of anilines is 1. The molecule has 0 fully saturated rings. The summed E-state index contributed by atoms with van der Waals surface area (Å²) in [6.07, 6.45) is 4.09.